The highest BCUT2D eigenvalue weighted by Gasteiger charge is 2.14. The molecule has 0 saturated carbocycles. The summed E-state index contributed by atoms with van der Waals surface area (Å²) < 4.78 is 0. The van der Waals surface area contributed by atoms with Crippen molar-refractivity contribution in [2.24, 2.45) is 0 Å². The maximum absolute atomic E-state index is 10.5. The quantitative estimate of drug-likeness (QED) is 0.379. The number of rotatable bonds is 3. The van der Waals surface area contributed by atoms with E-state index < -0.39 is 4.92 Å². The van der Waals surface area contributed by atoms with Gasteiger partial charge in [-0.15, -0.1) is 23.2 Å². The van der Waals surface area contributed by atoms with Crippen LogP contribution in [0.2, 0.25) is 0 Å². The second kappa shape index (κ2) is 4.48. The molecule has 0 aromatic heterocycles. The van der Waals surface area contributed by atoms with Gasteiger partial charge in [-0.1, -0.05) is 0 Å². The lowest BCUT2D eigenvalue weighted by Gasteiger charge is -2.05. The first-order valence-corrected chi connectivity index (χ1v) is 4.84. The molecule has 0 amide bonds. The first-order chi connectivity index (χ1) is 6.60. The van der Waals surface area contributed by atoms with Crippen molar-refractivity contribution in [3.8, 4) is 0 Å². The minimum absolute atomic E-state index is 0.111. The van der Waals surface area contributed by atoms with Gasteiger partial charge in [0.15, 0.2) is 0 Å². The molecular weight excluding hydrogens is 227 g/mol. The maximum Gasteiger partial charge on any atom is 0.292 e. The van der Waals surface area contributed by atoms with E-state index in [1.165, 1.54) is 12.1 Å². The van der Waals surface area contributed by atoms with Gasteiger partial charge in [-0.2, -0.15) is 0 Å². The Labute approximate surface area is 90.8 Å². The Bertz CT molecular complexity index is 369. The van der Waals surface area contributed by atoms with Gasteiger partial charge >= 0.3 is 0 Å². The van der Waals surface area contributed by atoms with Crippen LogP contribution in [-0.4, -0.2) is 4.92 Å². The van der Waals surface area contributed by atoms with Crippen molar-refractivity contribution in [1.29, 1.82) is 0 Å². The third-order valence-electron chi connectivity index (χ3n) is 1.83. The molecule has 1 aromatic rings. The number of benzene rings is 1. The summed E-state index contributed by atoms with van der Waals surface area (Å²) in [6, 6.07) is 2.85. The molecule has 1 aromatic carbocycles. The molecule has 0 aliphatic heterocycles. The summed E-state index contributed by atoms with van der Waals surface area (Å²) in [5, 5.41) is 10.5. The molecule has 0 saturated heterocycles. The molecule has 14 heavy (non-hydrogen) atoms. The number of hydrogen-bond acceptors (Lipinski definition) is 3. The Hall–Kier alpha value is -1.00. The van der Waals surface area contributed by atoms with E-state index >= 15 is 0 Å². The van der Waals surface area contributed by atoms with Gasteiger partial charge in [0.05, 0.1) is 4.92 Å². The molecule has 2 N–H and O–H groups in total. The summed E-state index contributed by atoms with van der Waals surface area (Å²) in [6.07, 6.45) is 0. The van der Waals surface area contributed by atoms with Crippen molar-refractivity contribution < 1.29 is 4.92 Å². The second-order valence-corrected chi connectivity index (χ2v) is 3.24. The lowest BCUT2D eigenvalue weighted by atomic mass is 10.1. The standard InChI is InChI=1S/C8H8Cl2N2O2/c9-3-5-1-7(11)8(12(13)14)2-6(5)4-10/h1-2H,3-4,11H2. The fourth-order valence-electron chi connectivity index (χ4n) is 1.10. The molecule has 0 fully saturated rings. The Morgan fingerprint density at radius 2 is 1.79 bits per heavy atom. The van der Waals surface area contributed by atoms with Gasteiger partial charge in [0.2, 0.25) is 0 Å². The van der Waals surface area contributed by atoms with Gasteiger partial charge in [0.1, 0.15) is 5.69 Å². The number of nitrogens with two attached hydrogens (primary N) is 1. The summed E-state index contributed by atoms with van der Waals surface area (Å²) in [7, 11) is 0. The number of nitro benzene ring substituents is 1. The van der Waals surface area contributed by atoms with Gasteiger partial charge in [-0.3, -0.25) is 10.1 Å². The fourth-order valence-corrected chi connectivity index (χ4v) is 1.60. The predicted octanol–water partition coefficient (Wildman–Crippen LogP) is 2.65. The lowest BCUT2D eigenvalue weighted by molar-refractivity contribution is -0.384. The van der Waals surface area contributed by atoms with Gasteiger partial charge in [0.25, 0.3) is 5.69 Å². The first-order valence-electron chi connectivity index (χ1n) is 3.77. The van der Waals surface area contributed by atoms with Crippen molar-refractivity contribution in [2.75, 3.05) is 5.73 Å². The molecule has 0 radical (unpaired) electrons. The molecule has 4 nitrogen and oxygen atoms in total. The number of nitrogens with zero attached hydrogens (tertiary/aromatic N) is 1. The topological polar surface area (TPSA) is 69.2 Å². The minimum Gasteiger partial charge on any atom is -0.393 e. The lowest BCUT2D eigenvalue weighted by Crippen LogP contribution is -1.99. The highest BCUT2D eigenvalue weighted by atomic mass is 35.5. The van der Waals surface area contributed by atoms with E-state index in [2.05, 4.69) is 0 Å². The molecule has 0 unspecified atom stereocenters. The molecule has 6 heteroatoms. The third kappa shape index (κ3) is 2.08. The van der Waals surface area contributed by atoms with Crippen molar-refractivity contribution >= 4 is 34.6 Å². The number of nitro groups is 1. The molecule has 0 aliphatic rings. The molecule has 0 aliphatic carbocycles. The number of anilines is 1. The van der Waals surface area contributed by atoms with E-state index in [4.69, 9.17) is 28.9 Å². The van der Waals surface area contributed by atoms with Crippen molar-refractivity contribution in [3.63, 3.8) is 0 Å². The summed E-state index contributed by atoms with van der Waals surface area (Å²) in [5.74, 6) is 0.424. The average Bonchev–Trinajstić information content (AvgIpc) is 2.16. The maximum atomic E-state index is 10.5. The molecule has 0 atom stereocenters. The second-order valence-electron chi connectivity index (χ2n) is 2.70. The first kappa shape index (κ1) is 11.1. The summed E-state index contributed by atoms with van der Waals surface area (Å²) in [4.78, 5) is 10.0. The van der Waals surface area contributed by atoms with Gasteiger partial charge < -0.3 is 5.73 Å². The molecule has 76 valence electrons. The van der Waals surface area contributed by atoms with Gasteiger partial charge in [-0.05, 0) is 17.2 Å². The largest absolute Gasteiger partial charge is 0.393 e. The highest BCUT2D eigenvalue weighted by molar-refractivity contribution is 6.18. The zero-order valence-corrected chi connectivity index (χ0v) is 8.68. The highest BCUT2D eigenvalue weighted by Crippen LogP contribution is 2.27. The predicted molar refractivity (Wildman–Crippen MR) is 56.6 cm³/mol. The third-order valence-corrected chi connectivity index (χ3v) is 2.41. The molecule has 1 rings (SSSR count). The molecule has 0 spiro atoms. The van der Waals surface area contributed by atoms with Crippen LogP contribution in [0.1, 0.15) is 11.1 Å². The molecular formula is C8H8Cl2N2O2. The van der Waals surface area contributed by atoms with E-state index in [1.807, 2.05) is 0 Å². The van der Waals surface area contributed by atoms with Gasteiger partial charge in [-0.25, -0.2) is 0 Å². The monoisotopic (exact) mass is 234 g/mol. The van der Waals surface area contributed by atoms with E-state index in [0.717, 1.165) is 5.56 Å². The smallest absolute Gasteiger partial charge is 0.292 e. The van der Waals surface area contributed by atoms with Crippen LogP contribution in [0.4, 0.5) is 11.4 Å². The number of halogens is 2. The zero-order valence-electron chi connectivity index (χ0n) is 7.17. The summed E-state index contributed by atoms with van der Waals surface area (Å²) in [6.45, 7) is 0. The Morgan fingerprint density at radius 1 is 1.29 bits per heavy atom. The summed E-state index contributed by atoms with van der Waals surface area (Å²) >= 11 is 11.2. The van der Waals surface area contributed by atoms with Crippen molar-refractivity contribution in [3.05, 3.63) is 33.4 Å². The normalized spacial score (nSPS) is 10.1. The Balaban J connectivity index is 3.30. The van der Waals surface area contributed by atoms with Crippen molar-refractivity contribution in [2.45, 2.75) is 11.8 Å². The minimum atomic E-state index is -0.538. The zero-order chi connectivity index (χ0) is 10.7. The van der Waals surface area contributed by atoms with E-state index in [-0.39, 0.29) is 23.1 Å². The van der Waals surface area contributed by atoms with Crippen LogP contribution in [0, 0.1) is 10.1 Å². The van der Waals surface area contributed by atoms with E-state index in [9.17, 15) is 10.1 Å². The SMILES string of the molecule is Nc1cc(CCl)c(CCl)cc1[N+](=O)[O-]. The molecule has 0 bridgehead atoms. The van der Waals surface area contributed by atoms with Crippen LogP contribution in [0.15, 0.2) is 12.1 Å². The number of hydrogen-bond donors (Lipinski definition) is 1. The van der Waals surface area contributed by atoms with Crippen LogP contribution in [0.5, 0.6) is 0 Å². The Kier molecular flexibility index (Phi) is 3.55. The fraction of sp³-hybridized carbons (Fsp3) is 0.250. The number of alkyl halides is 2. The molecule has 0 heterocycles. The van der Waals surface area contributed by atoms with E-state index in [1.54, 1.807) is 0 Å². The number of nitrogen functional groups attached to an aromatic ring is 1. The summed E-state index contributed by atoms with van der Waals surface area (Å²) in [5.41, 5.74) is 6.83. The average molecular weight is 235 g/mol. The van der Waals surface area contributed by atoms with Crippen LogP contribution in [0.25, 0.3) is 0 Å². The van der Waals surface area contributed by atoms with E-state index in [0.29, 0.717) is 5.56 Å². The van der Waals surface area contributed by atoms with Crippen LogP contribution >= 0.6 is 23.2 Å². The van der Waals surface area contributed by atoms with Crippen LogP contribution < -0.4 is 5.73 Å². The van der Waals surface area contributed by atoms with Crippen molar-refractivity contribution in [1.82, 2.24) is 0 Å². The van der Waals surface area contributed by atoms with Crippen LogP contribution in [0.3, 0.4) is 0 Å². The Morgan fingerprint density at radius 3 is 2.21 bits per heavy atom. The van der Waals surface area contributed by atoms with Gasteiger partial charge in [0, 0.05) is 17.8 Å². The van der Waals surface area contributed by atoms with Crippen LogP contribution in [-0.2, 0) is 11.8 Å².